The van der Waals surface area contributed by atoms with Crippen LogP contribution in [0, 0.1) is 0 Å². The average Bonchev–Trinajstić information content (AvgIpc) is 2.56. The molecule has 0 saturated carbocycles. The first-order valence-corrected chi connectivity index (χ1v) is 7.25. The van der Waals surface area contributed by atoms with Crippen molar-refractivity contribution >= 4 is 38.5 Å². The van der Waals surface area contributed by atoms with E-state index in [-0.39, 0.29) is 0 Å². The Morgan fingerprint density at radius 3 is 2.16 bits per heavy atom. The quantitative estimate of drug-likeness (QED) is 0.323. The highest BCUT2D eigenvalue weighted by Crippen LogP contribution is 2.38. The van der Waals surface area contributed by atoms with Gasteiger partial charge in [0.2, 0.25) is 0 Å². The number of amides is 3. The first-order valence-electron chi connectivity index (χ1n) is 4.37. The van der Waals surface area contributed by atoms with Gasteiger partial charge in [-0.25, -0.2) is 9.79 Å². The molecule has 0 aliphatic carbocycles. The van der Waals surface area contributed by atoms with Gasteiger partial charge in [-0.05, 0) is 0 Å². The molecule has 0 aromatic heterocycles. The Labute approximate surface area is 105 Å². The van der Waals surface area contributed by atoms with Crippen molar-refractivity contribution in [3.05, 3.63) is 0 Å². The van der Waals surface area contributed by atoms with E-state index in [1.54, 1.807) is 5.32 Å². The van der Waals surface area contributed by atoms with Crippen LogP contribution in [0.2, 0.25) is 0 Å². The molecule has 2 rings (SSSR count). The van der Waals surface area contributed by atoms with E-state index in [0.717, 1.165) is 0 Å². The zero-order valence-corrected chi connectivity index (χ0v) is 10.3. The van der Waals surface area contributed by atoms with Gasteiger partial charge in [0.15, 0.2) is 0 Å². The summed E-state index contributed by atoms with van der Waals surface area (Å²) in [6.45, 7) is 0. The second kappa shape index (κ2) is 3.41. The normalized spacial score (nSPS) is 34.2. The summed E-state index contributed by atoms with van der Waals surface area (Å²) in [6.07, 6.45) is 0.451. The Kier molecular flexibility index (Phi) is 2.45. The van der Waals surface area contributed by atoms with Crippen LogP contribution in [0.4, 0.5) is 4.79 Å². The maximum Gasteiger partial charge on any atom is 0.324 e. The third-order valence-corrected chi connectivity index (χ3v) is 5.34. The van der Waals surface area contributed by atoms with Crippen LogP contribution in [0.15, 0.2) is 4.99 Å². The number of hydrogen-bond acceptors (Lipinski definition) is 8. The third kappa shape index (κ3) is 1.41. The number of nitrogens with zero attached hydrogens (tertiary/aromatic N) is 1. The lowest BCUT2D eigenvalue weighted by Crippen LogP contribution is -2.82. The largest absolute Gasteiger partial charge is 0.343 e. The van der Waals surface area contributed by atoms with Gasteiger partial charge in [-0.15, -0.1) is 0 Å². The Bertz CT molecular complexity index is 709. The topological polar surface area (TPSA) is 191 Å². The molecule has 0 spiro atoms. The summed E-state index contributed by atoms with van der Waals surface area (Å²) in [5.74, 6) is -1.71. The number of rotatable bonds is 2. The fourth-order valence-electron chi connectivity index (χ4n) is 1.80. The summed E-state index contributed by atoms with van der Waals surface area (Å²) in [5.41, 5.74) is 0. The number of carbonyl (C=O) groups excluding carboxylic acids is 2. The first kappa shape index (κ1) is 13.7. The van der Waals surface area contributed by atoms with E-state index in [1.807, 2.05) is 0 Å². The fraction of sp³-hybridized carbons (Fsp3) is 0.400. The first-order chi connectivity index (χ1) is 8.48. The molecule has 1 fully saturated rings. The van der Waals surface area contributed by atoms with Gasteiger partial charge >= 0.3 is 36.1 Å². The smallest absolute Gasteiger partial charge is 0.324 e. The van der Waals surface area contributed by atoms with Crippen molar-refractivity contribution in [3.63, 3.8) is 0 Å². The van der Waals surface area contributed by atoms with Crippen LogP contribution in [0.25, 0.3) is 0 Å². The minimum Gasteiger partial charge on any atom is -0.343 e. The van der Waals surface area contributed by atoms with E-state index >= 15 is 0 Å². The molecule has 0 aromatic rings. The summed E-state index contributed by atoms with van der Waals surface area (Å²) in [4.78, 5) is 19.3. The van der Waals surface area contributed by atoms with Crippen molar-refractivity contribution < 1.29 is 35.5 Å². The monoisotopic (exact) mass is 314 g/mol. The van der Waals surface area contributed by atoms with Gasteiger partial charge in [0, 0.05) is 0 Å². The zero-order valence-electron chi connectivity index (χ0n) is 8.68. The molecule has 0 aromatic carbocycles. The van der Waals surface area contributed by atoms with Gasteiger partial charge in [-0.3, -0.25) is 24.5 Å². The van der Waals surface area contributed by atoms with Crippen molar-refractivity contribution in [1.82, 2.24) is 16.0 Å². The number of fused-ring (bicyclic) bond motifs is 1. The number of hydrogen-bond donors (Lipinski definition) is 5. The van der Waals surface area contributed by atoms with Crippen LogP contribution < -0.4 is 16.0 Å². The standard InChI is InChI=1S/C5H6N4O8S2/c10-2-4(18(12,13)14)5(7-1-6-4,19(15,16)17)9-3(11)8-2/h1H,(H,6,7)(H,12,13,14)(H,15,16,17)(H2,8,9,10,11). The van der Waals surface area contributed by atoms with Crippen LogP contribution in [0.1, 0.15) is 0 Å². The SMILES string of the molecule is O=C1NC(=O)C2(S(=O)(=O)O)NC=NC2(S(=O)(=O)O)N1. The molecule has 2 atom stereocenters. The summed E-state index contributed by atoms with van der Waals surface area (Å²) in [5, 5.41) is 4.68. The van der Waals surface area contributed by atoms with Crippen molar-refractivity contribution in [2.24, 2.45) is 4.99 Å². The highest BCUT2D eigenvalue weighted by molar-refractivity contribution is 7.92. The second-order valence-electron chi connectivity index (χ2n) is 3.59. The lowest BCUT2D eigenvalue weighted by molar-refractivity contribution is -0.125. The highest BCUT2D eigenvalue weighted by atomic mass is 32.2. The molecule has 5 N–H and O–H groups in total. The Balaban J connectivity index is 2.89. The summed E-state index contributed by atoms with van der Waals surface area (Å²) in [7, 11) is -10.9. The van der Waals surface area contributed by atoms with E-state index in [9.17, 15) is 26.4 Å². The Hall–Kier alpha value is -1.77. The summed E-state index contributed by atoms with van der Waals surface area (Å²) < 4.78 is 63.7. The molecule has 12 nitrogen and oxygen atoms in total. The van der Waals surface area contributed by atoms with Crippen molar-refractivity contribution in [2.75, 3.05) is 0 Å². The molecule has 2 heterocycles. The number of nitrogens with one attached hydrogen (secondary N) is 3. The predicted octanol–water partition coefficient (Wildman–Crippen LogP) is -3.42. The van der Waals surface area contributed by atoms with Crippen LogP contribution in [0.5, 0.6) is 0 Å². The third-order valence-electron chi connectivity index (χ3n) is 2.58. The van der Waals surface area contributed by atoms with Crippen molar-refractivity contribution in [1.29, 1.82) is 0 Å². The van der Waals surface area contributed by atoms with Gasteiger partial charge in [-0.2, -0.15) is 16.8 Å². The molecule has 19 heavy (non-hydrogen) atoms. The fourth-order valence-corrected chi connectivity index (χ4v) is 4.29. The highest BCUT2D eigenvalue weighted by Gasteiger charge is 2.77. The lowest BCUT2D eigenvalue weighted by Gasteiger charge is -2.40. The van der Waals surface area contributed by atoms with Crippen LogP contribution in [-0.2, 0) is 25.0 Å². The van der Waals surface area contributed by atoms with Crippen LogP contribution >= 0.6 is 0 Å². The van der Waals surface area contributed by atoms with Gasteiger partial charge in [0.05, 0.1) is 6.34 Å². The molecule has 1 saturated heterocycles. The van der Waals surface area contributed by atoms with Crippen molar-refractivity contribution in [3.8, 4) is 0 Å². The molecule has 106 valence electrons. The van der Waals surface area contributed by atoms with Gasteiger partial charge in [-0.1, -0.05) is 0 Å². The average molecular weight is 314 g/mol. The van der Waals surface area contributed by atoms with E-state index in [4.69, 9.17) is 9.11 Å². The summed E-state index contributed by atoms with van der Waals surface area (Å²) in [6, 6.07) is -1.41. The zero-order chi connectivity index (χ0) is 14.7. The summed E-state index contributed by atoms with van der Waals surface area (Å²) >= 11 is 0. The Morgan fingerprint density at radius 1 is 1.11 bits per heavy atom. The maximum absolute atomic E-state index is 11.7. The lowest BCUT2D eigenvalue weighted by atomic mass is 10.2. The molecule has 14 heteroatoms. The van der Waals surface area contributed by atoms with Crippen LogP contribution in [-0.4, -0.2) is 54.1 Å². The molecular formula is C5H6N4O8S2. The van der Waals surface area contributed by atoms with E-state index < -0.39 is 42.0 Å². The molecule has 3 amide bonds. The predicted molar refractivity (Wildman–Crippen MR) is 56.9 cm³/mol. The molecule has 2 aliphatic heterocycles. The molecule has 0 radical (unpaired) electrons. The minimum absolute atomic E-state index is 0.451. The molecule has 0 bridgehead atoms. The Morgan fingerprint density at radius 2 is 1.68 bits per heavy atom. The van der Waals surface area contributed by atoms with E-state index in [1.165, 1.54) is 10.6 Å². The molecule has 2 aliphatic rings. The number of carbonyl (C=O) groups is 2. The number of imide groups is 1. The van der Waals surface area contributed by atoms with E-state index in [0.29, 0.717) is 6.34 Å². The number of aliphatic imine (C=N–C) groups is 1. The van der Waals surface area contributed by atoms with Gasteiger partial charge in [0.1, 0.15) is 0 Å². The minimum atomic E-state index is -5.44. The molecule has 2 unspecified atom stereocenters. The molecular weight excluding hydrogens is 308 g/mol. The van der Waals surface area contributed by atoms with Crippen molar-refractivity contribution in [2.45, 2.75) is 9.87 Å². The maximum atomic E-state index is 11.7. The van der Waals surface area contributed by atoms with Gasteiger partial charge in [0.25, 0.3) is 5.91 Å². The van der Waals surface area contributed by atoms with Crippen LogP contribution in [0.3, 0.4) is 0 Å². The second-order valence-corrected chi connectivity index (χ2v) is 6.69. The van der Waals surface area contributed by atoms with E-state index in [2.05, 4.69) is 4.99 Å². The number of urea groups is 1. The van der Waals surface area contributed by atoms with Gasteiger partial charge < -0.3 is 5.32 Å².